The minimum absolute atomic E-state index is 0.0355. The largest absolute Gasteiger partial charge is 0.263 e. The predicted molar refractivity (Wildman–Crippen MR) is 77.0 cm³/mol. The average molecular weight is 317 g/mol. The van der Waals surface area contributed by atoms with Gasteiger partial charge in [-0.05, 0) is 30.0 Å². The summed E-state index contributed by atoms with van der Waals surface area (Å²) in [5, 5.41) is 2.13. The molecule has 0 saturated heterocycles. The normalized spacial score (nSPS) is 12.0. The highest BCUT2D eigenvalue weighted by molar-refractivity contribution is 7.89. The second kappa shape index (κ2) is 5.58. The van der Waals surface area contributed by atoms with Crippen LogP contribution in [0.5, 0.6) is 0 Å². The van der Waals surface area contributed by atoms with Crippen LogP contribution in [0.2, 0.25) is 5.02 Å². The highest BCUT2D eigenvalue weighted by Crippen LogP contribution is 2.25. The lowest BCUT2D eigenvalue weighted by molar-refractivity contribution is 0.469. The van der Waals surface area contributed by atoms with E-state index < -0.39 is 10.0 Å². The van der Waals surface area contributed by atoms with Crippen LogP contribution in [0.25, 0.3) is 0 Å². The zero-order valence-corrected chi connectivity index (χ0v) is 12.9. The molecular weight excluding hydrogens is 304 g/mol. The van der Waals surface area contributed by atoms with E-state index in [4.69, 9.17) is 11.6 Å². The van der Waals surface area contributed by atoms with E-state index in [1.807, 2.05) is 18.4 Å². The molecule has 2 aromatic heterocycles. The van der Waals surface area contributed by atoms with Crippen molar-refractivity contribution in [2.45, 2.75) is 18.4 Å². The van der Waals surface area contributed by atoms with Crippen LogP contribution in [0.15, 0.2) is 34.8 Å². The van der Waals surface area contributed by atoms with E-state index in [9.17, 15) is 8.42 Å². The number of sulfonamides is 1. The molecule has 0 unspecified atom stereocenters. The van der Waals surface area contributed by atoms with Gasteiger partial charge in [-0.25, -0.2) is 8.42 Å². The van der Waals surface area contributed by atoms with E-state index in [2.05, 4.69) is 4.98 Å². The molecule has 0 radical (unpaired) electrons. The Labute approximate surface area is 121 Å². The molecular formula is C12H13ClN2O2S2. The number of pyridine rings is 1. The molecule has 0 atom stereocenters. The van der Waals surface area contributed by atoms with Gasteiger partial charge in [-0.15, -0.1) is 11.3 Å². The second-order valence-corrected chi connectivity index (χ2v) is 7.52. The van der Waals surface area contributed by atoms with Crippen molar-refractivity contribution < 1.29 is 8.42 Å². The maximum absolute atomic E-state index is 12.4. The van der Waals surface area contributed by atoms with Crippen molar-refractivity contribution in [2.75, 3.05) is 7.05 Å². The summed E-state index contributed by atoms with van der Waals surface area (Å²) in [6.07, 6.45) is 2.74. The number of nitrogens with zero attached hydrogens (tertiary/aromatic N) is 2. The summed E-state index contributed by atoms with van der Waals surface area (Å²) in [6.45, 7) is 2.29. The Bertz CT molecular complexity index is 683. The quantitative estimate of drug-likeness (QED) is 0.871. The number of halogens is 1. The SMILES string of the molecule is Cc1ccsc1CN(C)S(=O)(=O)c1cnccc1Cl. The first-order valence-electron chi connectivity index (χ1n) is 5.51. The highest BCUT2D eigenvalue weighted by atomic mass is 35.5. The Morgan fingerprint density at radius 1 is 1.42 bits per heavy atom. The summed E-state index contributed by atoms with van der Waals surface area (Å²) >= 11 is 7.46. The third kappa shape index (κ3) is 2.97. The number of hydrogen-bond donors (Lipinski definition) is 0. The van der Waals surface area contributed by atoms with E-state index in [0.29, 0.717) is 6.54 Å². The summed E-state index contributed by atoms with van der Waals surface area (Å²) in [4.78, 5) is 4.88. The van der Waals surface area contributed by atoms with Gasteiger partial charge >= 0.3 is 0 Å². The number of rotatable bonds is 4. The van der Waals surface area contributed by atoms with Gasteiger partial charge in [-0.1, -0.05) is 11.6 Å². The number of aryl methyl sites for hydroxylation is 1. The molecule has 0 aromatic carbocycles. The molecule has 0 aliphatic carbocycles. The topological polar surface area (TPSA) is 50.3 Å². The van der Waals surface area contributed by atoms with Crippen LogP contribution in [-0.4, -0.2) is 24.8 Å². The molecule has 2 heterocycles. The number of aromatic nitrogens is 1. The molecule has 0 aliphatic rings. The summed E-state index contributed by atoms with van der Waals surface area (Å²) in [5.41, 5.74) is 1.09. The van der Waals surface area contributed by atoms with Gasteiger partial charge in [0.15, 0.2) is 0 Å². The van der Waals surface area contributed by atoms with Gasteiger partial charge in [0.2, 0.25) is 10.0 Å². The fourth-order valence-corrected chi connectivity index (χ4v) is 4.16. The van der Waals surface area contributed by atoms with Crippen LogP contribution >= 0.6 is 22.9 Å². The fourth-order valence-electron chi connectivity index (χ4n) is 1.57. The molecule has 0 N–H and O–H groups in total. The molecule has 102 valence electrons. The standard InChI is InChI=1S/C12H13ClN2O2S2/c1-9-4-6-18-11(9)8-15(2)19(16,17)12-7-14-5-3-10(12)13/h3-7H,8H2,1-2H3. The summed E-state index contributed by atoms with van der Waals surface area (Å²) in [6, 6.07) is 3.44. The van der Waals surface area contributed by atoms with E-state index in [1.165, 1.54) is 41.1 Å². The van der Waals surface area contributed by atoms with Gasteiger partial charge in [-0.2, -0.15) is 4.31 Å². The first-order chi connectivity index (χ1) is 8.93. The van der Waals surface area contributed by atoms with Crippen molar-refractivity contribution in [3.05, 3.63) is 45.4 Å². The zero-order chi connectivity index (χ0) is 14.0. The van der Waals surface area contributed by atoms with Gasteiger partial charge in [-0.3, -0.25) is 4.98 Å². The Hall–Kier alpha value is -0.950. The Balaban J connectivity index is 2.30. The maximum Gasteiger partial charge on any atom is 0.246 e. The van der Waals surface area contributed by atoms with Gasteiger partial charge in [0.1, 0.15) is 4.90 Å². The number of thiophene rings is 1. The lowest BCUT2D eigenvalue weighted by Gasteiger charge is -2.17. The third-order valence-electron chi connectivity index (χ3n) is 2.76. The molecule has 7 heteroatoms. The van der Waals surface area contributed by atoms with Crippen molar-refractivity contribution in [1.29, 1.82) is 0 Å². The minimum atomic E-state index is -3.62. The van der Waals surface area contributed by atoms with Crippen LogP contribution in [0, 0.1) is 6.92 Å². The van der Waals surface area contributed by atoms with E-state index in [0.717, 1.165) is 10.4 Å². The summed E-state index contributed by atoms with van der Waals surface area (Å²) < 4.78 is 26.1. The average Bonchev–Trinajstić information content (AvgIpc) is 2.75. The molecule has 0 fully saturated rings. The molecule has 0 spiro atoms. The maximum atomic E-state index is 12.4. The first-order valence-corrected chi connectivity index (χ1v) is 8.21. The lowest BCUT2D eigenvalue weighted by atomic mass is 10.3. The van der Waals surface area contributed by atoms with Gasteiger partial charge in [0.05, 0.1) is 5.02 Å². The molecule has 2 aromatic rings. The van der Waals surface area contributed by atoms with E-state index in [1.54, 1.807) is 0 Å². The van der Waals surface area contributed by atoms with Crippen LogP contribution in [0.1, 0.15) is 10.4 Å². The van der Waals surface area contributed by atoms with Crippen LogP contribution < -0.4 is 0 Å². The molecule has 4 nitrogen and oxygen atoms in total. The highest BCUT2D eigenvalue weighted by Gasteiger charge is 2.24. The predicted octanol–water partition coefficient (Wildman–Crippen LogP) is 2.93. The van der Waals surface area contributed by atoms with E-state index in [-0.39, 0.29) is 9.92 Å². The van der Waals surface area contributed by atoms with E-state index >= 15 is 0 Å². The Morgan fingerprint density at radius 2 is 2.16 bits per heavy atom. The molecule has 0 amide bonds. The molecule has 2 rings (SSSR count). The van der Waals surface area contributed by atoms with Crippen LogP contribution in [0.3, 0.4) is 0 Å². The second-order valence-electron chi connectivity index (χ2n) is 4.09. The fraction of sp³-hybridized carbons (Fsp3) is 0.250. The molecule has 0 bridgehead atoms. The first kappa shape index (κ1) is 14.5. The van der Waals surface area contributed by atoms with Crippen molar-refractivity contribution in [3.8, 4) is 0 Å². The molecule has 0 aliphatic heterocycles. The Morgan fingerprint density at radius 3 is 2.74 bits per heavy atom. The van der Waals surface area contributed by atoms with Gasteiger partial charge in [0.25, 0.3) is 0 Å². The van der Waals surface area contributed by atoms with Crippen LogP contribution in [-0.2, 0) is 16.6 Å². The van der Waals surface area contributed by atoms with Gasteiger partial charge in [0, 0.05) is 30.9 Å². The number of hydrogen-bond acceptors (Lipinski definition) is 4. The van der Waals surface area contributed by atoms with Crippen LogP contribution in [0.4, 0.5) is 0 Å². The smallest absolute Gasteiger partial charge is 0.246 e. The lowest BCUT2D eigenvalue weighted by Crippen LogP contribution is -2.26. The summed E-state index contributed by atoms with van der Waals surface area (Å²) in [5.74, 6) is 0. The summed E-state index contributed by atoms with van der Waals surface area (Å²) in [7, 11) is -2.08. The third-order valence-corrected chi connectivity index (χ3v) is 6.04. The monoisotopic (exact) mass is 316 g/mol. The minimum Gasteiger partial charge on any atom is -0.263 e. The zero-order valence-electron chi connectivity index (χ0n) is 10.5. The van der Waals surface area contributed by atoms with Gasteiger partial charge < -0.3 is 0 Å². The molecule has 19 heavy (non-hydrogen) atoms. The Kier molecular flexibility index (Phi) is 4.25. The molecule has 0 saturated carbocycles. The van der Waals surface area contributed by atoms with Crippen molar-refractivity contribution in [1.82, 2.24) is 9.29 Å². The van der Waals surface area contributed by atoms with Crippen molar-refractivity contribution in [3.63, 3.8) is 0 Å². The van der Waals surface area contributed by atoms with Crippen molar-refractivity contribution in [2.24, 2.45) is 0 Å². The van der Waals surface area contributed by atoms with Crippen molar-refractivity contribution >= 4 is 33.0 Å².